The molecule has 24 heavy (non-hydrogen) atoms. The van der Waals surface area contributed by atoms with E-state index in [4.69, 9.17) is 4.42 Å². The Morgan fingerprint density at radius 2 is 1.92 bits per heavy atom. The standard InChI is InChI=1S/C18H20N4O2/c1-5-22-16(10-11(2)21-22)17(23)20-15-8-6-14(7-9-15)18-19-12(3)13(4)24-18/h6-10H,5H2,1-4H3,(H,20,23). The molecule has 6 heteroatoms. The molecule has 0 radical (unpaired) electrons. The van der Waals surface area contributed by atoms with Crippen LogP contribution in [0, 0.1) is 20.8 Å². The summed E-state index contributed by atoms with van der Waals surface area (Å²) in [6.07, 6.45) is 0. The minimum Gasteiger partial charge on any atom is -0.441 e. The predicted octanol–water partition coefficient (Wildman–Crippen LogP) is 3.74. The Balaban J connectivity index is 1.77. The Hall–Kier alpha value is -2.89. The summed E-state index contributed by atoms with van der Waals surface area (Å²) in [5.41, 5.74) is 3.85. The Kier molecular flexibility index (Phi) is 4.20. The van der Waals surface area contributed by atoms with E-state index in [9.17, 15) is 4.79 Å². The van der Waals surface area contributed by atoms with Gasteiger partial charge < -0.3 is 9.73 Å². The van der Waals surface area contributed by atoms with Crippen molar-refractivity contribution >= 4 is 11.6 Å². The molecule has 0 bridgehead atoms. The van der Waals surface area contributed by atoms with E-state index in [2.05, 4.69) is 15.4 Å². The van der Waals surface area contributed by atoms with E-state index in [0.29, 0.717) is 23.8 Å². The molecule has 3 aromatic rings. The molecule has 1 N–H and O–H groups in total. The van der Waals surface area contributed by atoms with Crippen LogP contribution in [0.1, 0.15) is 34.6 Å². The van der Waals surface area contributed by atoms with E-state index >= 15 is 0 Å². The molecule has 0 aliphatic rings. The van der Waals surface area contributed by atoms with Crippen molar-refractivity contribution in [1.82, 2.24) is 14.8 Å². The highest BCUT2D eigenvalue weighted by atomic mass is 16.4. The zero-order valence-electron chi connectivity index (χ0n) is 14.3. The van der Waals surface area contributed by atoms with Crippen LogP contribution in [0.25, 0.3) is 11.5 Å². The van der Waals surface area contributed by atoms with Gasteiger partial charge in [0.25, 0.3) is 5.91 Å². The van der Waals surface area contributed by atoms with Gasteiger partial charge >= 0.3 is 0 Å². The summed E-state index contributed by atoms with van der Waals surface area (Å²) < 4.78 is 7.31. The normalized spacial score (nSPS) is 10.8. The minimum atomic E-state index is -0.173. The number of rotatable bonds is 4. The fourth-order valence-electron chi connectivity index (χ4n) is 2.46. The van der Waals surface area contributed by atoms with Crippen molar-refractivity contribution in [2.45, 2.75) is 34.2 Å². The van der Waals surface area contributed by atoms with E-state index in [1.807, 2.05) is 52.0 Å². The highest BCUT2D eigenvalue weighted by Gasteiger charge is 2.14. The lowest BCUT2D eigenvalue weighted by Crippen LogP contribution is -2.17. The van der Waals surface area contributed by atoms with Crippen molar-refractivity contribution in [1.29, 1.82) is 0 Å². The lowest BCUT2D eigenvalue weighted by Gasteiger charge is -2.07. The molecule has 0 aliphatic carbocycles. The summed E-state index contributed by atoms with van der Waals surface area (Å²) >= 11 is 0. The molecule has 3 rings (SSSR count). The first kappa shape index (κ1) is 16.0. The molecule has 1 amide bonds. The first-order valence-electron chi connectivity index (χ1n) is 7.88. The molecular formula is C18H20N4O2. The van der Waals surface area contributed by atoms with E-state index in [1.165, 1.54) is 0 Å². The molecule has 0 fully saturated rings. The van der Waals surface area contributed by atoms with Gasteiger partial charge in [0.2, 0.25) is 5.89 Å². The van der Waals surface area contributed by atoms with Crippen molar-refractivity contribution in [3.8, 4) is 11.5 Å². The second kappa shape index (κ2) is 6.31. The van der Waals surface area contributed by atoms with Crippen LogP contribution in [0.4, 0.5) is 5.69 Å². The highest BCUT2D eigenvalue weighted by Crippen LogP contribution is 2.23. The predicted molar refractivity (Wildman–Crippen MR) is 92.0 cm³/mol. The van der Waals surface area contributed by atoms with Gasteiger partial charge in [-0.15, -0.1) is 0 Å². The molecule has 0 unspecified atom stereocenters. The largest absolute Gasteiger partial charge is 0.441 e. The van der Waals surface area contributed by atoms with Crippen molar-refractivity contribution in [2.75, 3.05) is 5.32 Å². The molecule has 1 aromatic carbocycles. The van der Waals surface area contributed by atoms with Crippen LogP contribution in [-0.4, -0.2) is 20.7 Å². The van der Waals surface area contributed by atoms with Gasteiger partial charge in [0.1, 0.15) is 11.5 Å². The van der Waals surface area contributed by atoms with Gasteiger partial charge in [-0.25, -0.2) is 4.98 Å². The second-order valence-electron chi connectivity index (χ2n) is 5.68. The highest BCUT2D eigenvalue weighted by molar-refractivity contribution is 6.03. The van der Waals surface area contributed by atoms with Crippen LogP contribution in [0.2, 0.25) is 0 Å². The SMILES string of the molecule is CCn1nc(C)cc1C(=O)Nc1ccc(-c2nc(C)c(C)o2)cc1. The van der Waals surface area contributed by atoms with Crippen LogP contribution < -0.4 is 5.32 Å². The van der Waals surface area contributed by atoms with Crippen LogP contribution in [0.3, 0.4) is 0 Å². The average Bonchev–Trinajstić information content (AvgIpc) is 3.11. The Morgan fingerprint density at radius 1 is 1.21 bits per heavy atom. The molecule has 0 atom stereocenters. The quantitative estimate of drug-likeness (QED) is 0.793. The maximum atomic E-state index is 12.4. The average molecular weight is 324 g/mol. The van der Waals surface area contributed by atoms with Gasteiger partial charge in [0.15, 0.2) is 0 Å². The van der Waals surface area contributed by atoms with Gasteiger partial charge in [-0.2, -0.15) is 5.10 Å². The van der Waals surface area contributed by atoms with Crippen molar-refractivity contribution in [3.05, 3.63) is 53.2 Å². The number of aromatic nitrogens is 3. The maximum absolute atomic E-state index is 12.4. The van der Waals surface area contributed by atoms with Gasteiger partial charge in [-0.3, -0.25) is 9.48 Å². The number of amides is 1. The second-order valence-corrected chi connectivity index (χ2v) is 5.68. The third-order valence-corrected chi connectivity index (χ3v) is 3.85. The molecule has 6 nitrogen and oxygen atoms in total. The van der Waals surface area contributed by atoms with E-state index in [0.717, 1.165) is 22.7 Å². The molecule has 0 aliphatic heterocycles. The fourth-order valence-corrected chi connectivity index (χ4v) is 2.46. The summed E-state index contributed by atoms with van der Waals surface area (Å²) in [5, 5.41) is 7.18. The Morgan fingerprint density at radius 3 is 2.50 bits per heavy atom. The van der Waals surface area contributed by atoms with Crippen LogP contribution in [0.5, 0.6) is 0 Å². The molecular weight excluding hydrogens is 304 g/mol. The van der Waals surface area contributed by atoms with Crippen LogP contribution in [-0.2, 0) is 6.54 Å². The topological polar surface area (TPSA) is 73.0 Å². The minimum absolute atomic E-state index is 0.173. The lowest BCUT2D eigenvalue weighted by molar-refractivity contribution is 0.101. The Labute approximate surface area is 140 Å². The van der Waals surface area contributed by atoms with Gasteiger partial charge in [-0.05, 0) is 58.0 Å². The number of oxazole rings is 1. The Bertz CT molecular complexity index is 856. The van der Waals surface area contributed by atoms with Gasteiger partial charge in [0, 0.05) is 17.8 Å². The summed E-state index contributed by atoms with van der Waals surface area (Å²) in [6.45, 7) is 8.28. The number of hydrogen-bond acceptors (Lipinski definition) is 4. The summed E-state index contributed by atoms with van der Waals surface area (Å²) in [5.74, 6) is 1.22. The lowest BCUT2D eigenvalue weighted by atomic mass is 10.2. The molecule has 2 heterocycles. The number of hydrogen-bond donors (Lipinski definition) is 1. The number of nitrogens with one attached hydrogen (secondary N) is 1. The van der Waals surface area contributed by atoms with Crippen LogP contribution in [0.15, 0.2) is 34.7 Å². The third-order valence-electron chi connectivity index (χ3n) is 3.85. The molecule has 124 valence electrons. The van der Waals surface area contributed by atoms with E-state index in [1.54, 1.807) is 10.7 Å². The van der Waals surface area contributed by atoms with Gasteiger partial charge in [0.05, 0.1) is 11.4 Å². The first-order chi connectivity index (χ1) is 11.5. The molecule has 2 aromatic heterocycles. The third kappa shape index (κ3) is 3.08. The monoisotopic (exact) mass is 324 g/mol. The molecule has 0 saturated carbocycles. The zero-order valence-corrected chi connectivity index (χ0v) is 14.3. The number of benzene rings is 1. The smallest absolute Gasteiger partial charge is 0.273 e. The van der Waals surface area contributed by atoms with Crippen molar-refractivity contribution in [2.24, 2.45) is 0 Å². The van der Waals surface area contributed by atoms with Gasteiger partial charge in [-0.1, -0.05) is 0 Å². The number of carbonyl (C=O) groups is 1. The van der Waals surface area contributed by atoms with Crippen LogP contribution >= 0.6 is 0 Å². The summed E-state index contributed by atoms with van der Waals surface area (Å²) in [4.78, 5) is 16.8. The molecule has 0 spiro atoms. The summed E-state index contributed by atoms with van der Waals surface area (Å²) in [6, 6.07) is 9.21. The first-order valence-corrected chi connectivity index (χ1v) is 7.88. The fraction of sp³-hybridized carbons (Fsp3) is 0.278. The van der Waals surface area contributed by atoms with E-state index < -0.39 is 0 Å². The van der Waals surface area contributed by atoms with E-state index in [-0.39, 0.29) is 5.91 Å². The maximum Gasteiger partial charge on any atom is 0.273 e. The van der Waals surface area contributed by atoms with Crippen molar-refractivity contribution < 1.29 is 9.21 Å². The molecule has 0 saturated heterocycles. The van der Waals surface area contributed by atoms with Crippen molar-refractivity contribution in [3.63, 3.8) is 0 Å². The zero-order chi connectivity index (χ0) is 17.3. The summed E-state index contributed by atoms with van der Waals surface area (Å²) in [7, 11) is 0. The number of aryl methyl sites for hydroxylation is 4. The number of carbonyl (C=O) groups excluding carboxylic acids is 1. The number of nitrogens with zero attached hydrogens (tertiary/aromatic N) is 3. The number of anilines is 1.